The summed E-state index contributed by atoms with van der Waals surface area (Å²) in [6, 6.07) is 0. The van der Waals surface area contributed by atoms with Gasteiger partial charge >= 0.3 is 0 Å². The van der Waals surface area contributed by atoms with Crippen molar-refractivity contribution in [1.29, 1.82) is 0 Å². The Bertz CT molecular complexity index is 927. The molecule has 8 atom stereocenters. The van der Waals surface area contributed by atoms with Gasteiger partial charge in [0.25, 0.3) is 0 Å². The van der Waals surface area contributed by atoms with Crippen LogP contribution in [-0.4, -0.2) is 52.6 Å². The molecule has 0 amide bonds. The predicted octanol–water partition coefficient (Wildman–Crippen LogP) is 3.40. The first-order chi connectivity index (χ1) is 14.4. The standard InChI is InChI=1S/C24H30F2O5/c1-20(2)30-19-10-16-15-6-5-13-9-14(27)7-8-21(13,3)23(15,26)17(28)11-22(16,4)24(19,31-20)18(29)12-25/h7-9,15-17,19,28H,5-6,10-12H2,1-4H3/t15-,16-,17-,19+,21-,22-,23-,24+/m0/s1. The van der Waals surface area contributed by atoms with E-state index in [0.717, 1.165) is 0 Å². The number of fused-ring (bicyclic) bond motifs is 7. The zero-order valence-corrected chi connectivity index (χ0v) is 18.4. The Morgan fingerprint density at radius 3 is 2.65 bits per heavy atom. The SMILES string of the molecule is CC1(C)O[C@@H]2C[C@H]3[C@@H]4CCC5=CC(=O)C=C[C@]5(C)[C@@]4(F)[C@@H](O)C[C@]3(C)[C@]2(C(=O)CF)O1. The van der Waals surface area contributed by atoms with Crippen LogP contribution < -0.4 is 0 Å². The van der Waals surface area contributed by atoms with Crippen LogP contribution in [0.4, 0.5) is 8.78 Å². The molecule has 0 aromatic rings. The van der Waals surface area contributed by atoms with Crippen LogP contribution in [0.3, 0.4) is 0 Å². The van der Waals surface area contributed by atoms with Gasteiger partial charge < -0.3 is 14.6 Å². The van der Waals surface area contributed by atoms with Gasteiger partial charge in [-0.25, -0.2) is 8.78 Å². The second-order valence-corrected chi connectivity index (χ2v) is 10.9. The van der Waals surface area contributed by atoms with Gasteiger partial charge in [0.1, 0.15) is 0 Å². The molecule has 1 N–H and O–H groups in total. The van der Waals surface area contributed by atoms with E-state index in [2.05, 4.69) is 0 Å². The van der Waals surface area contributed by atoms with Crippen molar-refractivity contribution in [3.05, 3.63) is 23.8 Å². The summed E-state index contributed by atoms with van der Waals surface area (Å²) in [6.45, 7) is 5.76. The molecule has 5 rings (SSSR count). The number of carbonyl (C=O) groups is 2. The van der Waals surface area contributed by atoms with E-state index in [1.165, 1.54) is 12.2 Å². The summed E-state index contributed by atoms with van der Waals surface area (Å²) in [5.41, 5.74) is -4.94. The van der Waals surface area contributed by atoms with Crippen molar-refractivity contribution in [2.75, 3.05) is 6.67 Å². The van der Waals surface area contributed by atoms with E-state index in [1.54, 1.807) is 26.8 Å². The molecule has 4 aliphatic carbocycles. The number of Topliss-reactive ketones (excluding diaryl/α,β-unsaturated/α-hetero) is 1. The fourth-order valence-corrected chi connectivity index (χ4v) is 7.91. The van der Waals surface area contributed by atoms with Crippen molar-refractivity contribution in [1.82, 2.24) is 0 Å². The minimum Gasteiger partial charge on any atom is -0.390 e. The van der Waals surface area contributed by atoms with Gasteiger partial charge in [-0.3, -0.25) is 9.59 Å². The van der Waals surface area contributed by atoms with Crippen LogP contribution in [-0.2, 0) is 19.1 Å². The smallest absolute Gasteiger partial charge is 0.198 e. The molecule has 170 valence electrons. The van der Waals surface area contributed by atoms with E-state index in [9.17, 15) is 19.1 Å². The highest BCUT2D eigenvalue weighted by molar-refractivity contribution is 6.01. The maximum absolute atomic E-state index is 17.1. The minimum atomic E-state index is -2.01. The molecule has 7 heteroatoms. The number of aliphatic hydroxyl groups excluding tert-OH is 1. The van der Waals surface area contributed by atoms with Crippen LogP contribution in [0.1, 0.15) is 53.4 Å². The third kappa shape index (κ3) is 2.30. The van der Waals surface area contributed by atoms with Crippen molar-refractivity contribution in [2.24, 2.45) is 22.7 Å². The Hall–Kier alpha value is -1.44. The monoisotopic (exact) mass is 436 g/mol. The highest BCUT2D eigenvalue weighted by Gasteiger charge is 2.80. The van der Waals surface area contributed by atoms with Gasteiger partial charge in [0.15, 0.2) is 35.3 Å². The Morgan fingerprint density at radius 2 is 1.97 bits per heavy atom. The summed E-state index contributed by atoms with van der Waals surface area (Å²) in [5.74, 6) is -2.85. The predicted molar refractivity (Wildman–Crippen MR) is 107 cm³/mol. The first-order valence-electron chi connectivity index (χ1n) is 11.1. The molecule has 1 saturated heterocycles. The largest absolute Gasteiger partial charge is 0.390 e. The molecule has 5 aliphatic rings. The summed E-state index contributed by atoms with van der Waals surface area (Å²) in [4.78, 5) is 25.0. The Morgan fingerprint density at radius 1 is 1.26 bits per heavy atom. The van der Waals surface area contributed by atoms with Crippen LogP contribution >= 0.6 is 0 Å². The number of ether oxygens (including phenoxy) is 2. The third-order valence-electron chi connectivity index (χ3n) is 9.17. The maximum Gasteiger partial charge on any atom is 0.198 e. The van der Waals surface area contributed by atoms with Crippen LogP contribution in [0.2, 0.25) is 0 Å². The molecule has 0 aromatic heterocycles. The summed E-state index contributed by atoms with van der Waals surface area (Å²) >= 11 is 0. The number of ketones is 2. The maximum atomic E-state index is 17.1. The lowest BCUT2D eigenvalue weighted by atomic mass is 9.44. The zero-order valence-electron chi connectivity index (χ0n) is 18.4. The number of hydrogen-bond donors (Lipinski definition) is 1. The van der Waals surface area contributed by atoms with E-state index in [-0.39, 0.29) is 18.1 Å². The number of aliphatic hydroxyl groups is 1. The first-order valence-corrected chi connectivity index (χ1v) is 11.1. The van der Waals surface area contributed by atoms with Gasteiger partial charge in [-0.15, -0.1) is 0 Å². The third-order valence-corrected chi connectivity index (χ3v) is 9.17. The number of hydrogen-bond acceptors (Lipinski definition) is 5. The summed E-state index contributed by atoms with van der Waals surface area (Å²) in [5, 5.41) is 11.3. The fraction of sp³-hybridized carbons (Fsp3) is 0.750. The Labute approximate surface area is 180 Å². The highest BCUT2D eigenvalue weighted by Crippen LogP contribution is 2.72. The summed E-state index contributed by atoms with van der Waals surface area (Å²) in [6.07, 6.45) is 3.66. The molecule has 0 aromatic carbocycles. The van der Waals surface area contributed by atoms with E-state index in [0.29, 0.717) is 24.8 Å². The Kier molecular flexibility index (Phi) is 4.22. The van der Waals surface area contributed by atoms with E-state index < -0.39 is 58.5 Å². The van der Waals surface area contributed by atoms with Crippen LogP contribution in [0.25, 0.3) is 0 Å². The number of carbonyl (C=O) groups excluding carboxylic acids is 2. The van der Waals surface area contributed by atoms with Crippen LogP contribution in [0.15, 0.2) is 23.8 Å². The molecule has 0 unspecified atom stereocenters. The average molecular weight is 436 g/mol. The van der Waals surface area contributed by atoms with Crippen molar-refractivity contribution in [3.8, 4) is 0 Å². The van der Waals surface area contributed by atoms with Crippen molar-refractivity contribution in [3.63, 3.8) is 0 Å². The van der Waals surface area contributed by atoms with Crippen LogP contribution in [0, 0.1) is 22.7 Å². The summed E-state index contributed by atoms with van der Waals surface area (Å²) < 4.78 is 43.2. The van der Waals surface area contributed by atoms with Gasteiger partial charge in [-0.05, 0) is 64.5 Å². The number of allylic oxidation sites excluding steroid dienone is 4. The molecule has 0 radical (unpaired) electrons. The molecule has 5 nitrogen and oxygen atoms in total. The molecule has 3 saturated carbocycles. The van der Waals surface area contributed by atoms with Gasteiger partial charge in [0, 0.05) is 16.7 Å². The lowest BCUT2D eigenvalue weighted by Gasteiger charge is -2.62. The highest BCUT2D eigenvalue weighted by atomic mass is 19.1. The average Bonchev–Trinajstić information content (AvgIpc) is 3.09. The van der Waals surface area contributed by atoms with E-state index >= 15 is 4.39 Å². The lowest BCUT2D eigenvalue weighted by molar-refractivity contribution is -0.245. The van der Waals surface area contributed by atoms with E-state index in [1.807, 2.05) is 6.92 Å². The molecular formula is C24H30F2O5. The fourth-order valence-electron chi connectivity index (χ4n) is 7.91. The quantitative estimate of drug-likeness (QED) is 0.718. The van der Waals surface area contributed by atoms with Crippen molar-refractivity contribution < 1.29 is 33.0 Å². The molecular weight excluding hydrogens is 406 g/mol. The molecule has 4 fully saturated rings. The zero-order chi connectivity index (χ0) is 22.6. The van der Waals surface area contributed by atoms with Crippen LogP contribution in [0.5, 0.6) is 0 Å². The molecule has 31 heavy (non-hydrogen) atoms. The number of alkyl halides is 2. The summed E-state index contributed by atoms with van der Waals surface area (Å²) in [7, 11) is 0. The molecule has 0 bridgehead atoms. The number of halogens is 2. The van der Waals surface area contributed by atoms with Gasteiger partial charge in [0.05, 0.1) is 12.2 Å². The van der Waals surface area contributed by atoms with Gasteiger partial charge in [0.2, 0.25) is 0 Å². The van der Waals surface area contributed by atoms with Crippen molar-refractivity contribution in [2.45, 2.75) is 82.6 Å². The van der Waals surface area contributed by atoms with Gasteiger partial charge in [-0.2, -0.15) is 0 Å². The van der Waals surface area contributed by atoms with Crippen molar-refractivity contribution >= 4 is 11.6 Å². The lowest BCUT2D eigenvalue weighted by Crippen LogP contribution is -2.69. The van der Waals surface area contributed by atoms with Gasteiger partial charge in [-0.1, -0.05) is 18.6 Å². The Balaban J connectivity index is 1.64. The number of rotatable bonds is 2. The second kappa shape index (κ2) is 6.12. The first kappa shape index (κ1) is 21.4. The second-order valence-electron chi connectivity index (χ2n) is 10.9. The minimum absolute atomic E-state index is 0.0446. The topological polar surface area (TPSA) is 72.8 Å². The normalized spacial score (nSPS) is 52.1. The molecule has 1 aliphatic heterocycles. The molecule has 0 spiro atoms. The molecule has 1 heterocycles. The van der Waals surface area contributed by atoms with E-state index in [4.69, 9.17) is 9.47 Å².